The number of aldehydes is 1. The number of nitrogen functional groups attached to an aromatic ring is 1. The number of anilines is 1. The lowest BCUT2D eigenvalue weighted by molar-refractivity contribution is -0.107. The molecule has 5 aromatic heterocycles. The van der Waals surface area contributed by atoms with Crippen molar-refractivity contribution < 1.29 is 9.59 Å². The second-order valence-electron chi connectivity index (χ2n) is 10.3. The van der Waals surface area contributed by atoms with E-state index in [9.17, 15) is 9.59 Å². The minimum atomic E-state index is -0.126. The smallest absolute Gasteiger partial charge is 0.291 e. The van der Waals surface area contributed by atoms with Crippen molar-refractivity contribution in [3.63, 3.8) is 0 Å². The van der Waals surface area contributed by atoms with Crippen molar-refractivity contribution in [2.75, 3.05) is 5.73 Å². The molecular formula is C28H26N10O2. The van der Waals surface area contributed by atoms with Crippen molar-refractivity contribution in [3.05, 3.63) is 72.3 Å². The van der Waals surface area contributed by atoms with Gasteiger partial charge in [0.2, 0.25) is 5.82 Å². The number of aromatic amines is 1. The van der Waals surface area contributed by atoms with Crippen molar-refractivity contribution in [2.24, 2.45) is 0 Å². The third kappa shape index (κ3) is 3.91. The molecule has 12 nitrogen and oxygen atoms in total. The summed E-state index contributed by atoms with van der Waals surface area (Å²) >= 11 is 0. The molecule has 3 N–H and O–H groups in total. The number of amides is 1. The highest BCUT2D eigenvalue weighted by Crippen LogP contribution is 2.45. The van der Waals surface area contributed by atoms with E-state index in [0.29, 0.717) is 17.0 Å². The van der Waals surface area contributed by atoms with Crippen LogP contribution in [-0.2, 0) is 11.2 Å². The number of fused-ring (bicyclic) bond motifs is 3. The van der Waals surface area contributed by atoms with Gasteiger partial charge in [0.15, 0.2) is 5.65 Å². The molecule has 2 saturated heterocycles. The number of nitrogens with one attached hydrogen (secondary N) is 1. The molecule has 200 valence electrons. The Bertz CT molecular complexity index is 1690. The van der Waals surface area contributed by atoms with Gasteiger partial charge in [0, 0.05) is 53.5 Å². The van der Waals surface area contributed by atoms with E-state index >= 15 is 0 Å². The van der Waals surface area contributed by atoms with Gasteiger partial charge in [-0.05, 0) is 43.9 Å². The lowest BCUT2D eigenvalue weighted by atomic mass is 9.85. The van der Waals surface area contributed by atoms with E-state index in [0.717, 1.165) is 60.2 Å². The van der Waals surface area contributed by atoms with Crippen LogP contribution in [0.15, 0.2) is 55.2 Å². The van der Waals surface area contributed by atoms with Gasteiger partial charge in [-0.2, -0.15) is 14.7 Å². The largest absolute Gasteiger partial charge is 0.383 e. The van der Waals surface area contributed by atoms with Crippen molar-refractivity contribution in [1.82, 2.24) is 44.6 Å². The van der Waals surface area contributed by atoms with Crippen LogP contribution in [0.3, 0.4) is 0 Å². The maximum Gasteiger partial charge on any atom is 0.291 e. The van der Waals surface area contributed by atoms with E-state index in [1.165, 1.54) is 6.33 Å². The fourth-order valence-corrected chi connectivity index (χ4v) is 6.28. The lowest BCUT2D eigenvalue weighted by Gasteiger charge is -2.38. The van der Waals surface area contributed by atoms with Crippen LogP contribution in [0, 0.1) is 0 Å². The predicted molar refractivity (Wildman–Crippen MR) is 145 cm³/mol. The Morgan fingerprint density at radius 2 is 1.88 bits per heavy atom. The number of hydrogen-bond donors (Lipinski definition) is 2. The van der Waals surface area contributed by atoms with Crippen LogP contribution in [0.1, 0.15) is 53.5 Å². The van der Waals surface area contributed by atoms with Gasteiger partial charge in [0.05, 0.1) is 23.3 Å². The number of hydrogen-bond acceptors (Lipinski definition) is 9. The molecule has 0 spiro atoms. The summed E-state index contributed by atoms with van der Waals surface area (Å²) in [6, 6.07) is 9.71. The average Bonchev–Trinajstić information content (AvgIpc) is 3.73. The van der Waals surface area contributed by atoms with Crippen LogP contribution in [0.25, 0.3) is 28.2 Å². The van der Waals surface area contributed by atoms with Crippen LogP contribution >= 0.6 is 0 Å². The number of piperidine rings is 1. The molecule has 12 heteroatoms. The number of carbonyl (C=O) groups excluding carboxylic acids is 2. The lowest BCUT2D eigenvalue weighted by Crippen LogP contribution is -2.46. The molecule has 0 aromatic carbocycles. The summed E-state index contributed by atoms with van der Waals surface area (Å²) in [6.45, 7) is 0. The molecule has 2 aliphatic heterocycles. The van der Waals surface area contributed by atoms with E-state index in [2.05, 4.69) is 30.2 Å². The minimum Gasteiger partial charge on any atom is -0.383 e. The molecule has 0 saturated carbocycles. The van der Waals surface area contributed by atoms with Crippen LogP contribution in [-0.4, -0.2) is 68.9 Å². The molecule has 0 radical (unpaired) electrons. The van der Waals surface area contributed by atoms with Gasteiger partial charge in [0.1, 0.15) is 18.4 Å². The summed E-state index contributed by atoms with van der Waals surface area (Å²) in [7, 11) is 0. The Labute approximate surface area is 228 Å². The van der Waals surface area contributed by atoms with Gasteiger partial charge in [-0.25, -0.2) is 9.97 Å². The number of H-pyrrole nitrogens is 1. The highest BCUT2D eigenvalue weighted by molar-refractivity contribution is 5.91. The van der Waals surface area contributed by atoms with Crippen molar-refractivity contribution in [2.45, 2.75) is 50.1 Å². The topological polar surface area (TPSA) is 161 Å². The molecule has 2 bridgehead atoms. The number of aromatic nitrogens is 8. The second-order valence-corrected chi connectivity index (χ2v) is 10.3. The number of rotatable bonds is 6. The molecule has 5 aromatic rings. The van der Waals surface area contributed by atoms with Crippen LogP contribution in [0.2, 0.25) is 0 Å². The van der Waals surface area contributed by atoms with Crippen LogP contribution in [0.5, 0.6) is 0 Å². The van der Waals surface area contributed by atoms with Gasteiger partial charge in [0.25, 0.3) is 5.91 Å². The maximum absolute atomic E-state index is 13.1. The molecule has 7 rings (SSSR count). The Kier molecular flexibility index (Phi) is 5.80. The Balaban J connectivity index is 1.25. The molecule has 1 unspecified atom stereocenters. The maximum atomic E-state index is 13.1. The zero-order valence-corrected chi connectivity index (χ0v) is 21.5. The quantitative estimate of drug-likeness (QED) is 0.312. The average molecular weight is 535 g/mol. The molecular weight excluding hydrogens is 508 g/mol. The fraction of sp³-hybridized carbons (Fsp3) is 0.286. The minimum absolute atomic E-state index is 0.0472. The van der Waals surface area contributed by atoms with E-state index in [4.69, 9.17) is 10.7 Å². The van der Waals surface area contributed by atoms with E-state index < -0.39 is 0 Å². The third-order valence-electron chi connectivity index (χ3n) is 8.08. The fourth-order valence-electron chi connectivity index (χ4n) is 6.28. The molecule has 40 heavy (non-hydrogen) atoms. The normalized spacial score (nSPS) is 20.2. The zero-order valence-electron chi connectivity index (χ0n) is 21.5. The van der Waals surface area contributed by atoms with Crippen molar-refractivity contribution >= 4 is 23.7 Å². The highest BCUT2D eigenvalue weighted by Gasteiger charge is 2.45. The van der Waals surface area contributed by atoms with Gasteiger partial charge in [-0.1, -0.05) is 12.1 Å². The number of pyridine rings is 2. The van der Waals surface area contributed by atoms with Gasteiger partial charge in [-0.15, -0.1) is 0 Å². The summed E-state index contributed by atoms with van der Waals surface area (Å²) in [5.74, 6) is 0.585. The monoisotopic (exact) mass is 534 g/mol. The van der Waals surface area contributed by atoms with Crippen molar-refractivity contribution in [1.29, 1.82) is 0 Å². The summed E-state index contributed by atoms with van der Waals surface area (Å²) in [5.41, 5.74) is 11.9. The highest BCUT2D eigenvalue weighted by atomic mass is 16.2. The van der Waals surface area contributed by atoms with Gasteiger partial charge < -0.3 is 15.4 Å². The molecule has 7 heterocycles. The SMILES string of the molecule is Nc1c(CC=O)c(C2C[C@H]3CC[C@@H](C2)N3C(=O)c2ncn[nH]2)nc2c(-c3ccc(-c4ccccn4)nc3)cnn12. The van der Waals surface area contributed by atoms with E-state index in [1.807, 2.05) is 35.2 Å². The van der Waals surface area contributed by atoms with Gasteiger partial charge in [-0.3, -0.25) is 19.9 Å². The molecule has 1 amide bonds. The summed E-state index contributed by atoms with van der Waals surface area (Å²) < 4.78 is 1.60. The first-order chi connectivity index (χ1) is 19.6. The Morgan fingerprint density at radius 3 is 2.55 bits per heavy atom. The molecule has 0 aliphatic carbocycles. The molecule has 2 fully saturated rings. The van der Waals surface area contributed by atoms with E-state index in [1.54, 1.807) is 23.1 Å². The molecule has 3 atom stereocenters. The van der Waals surface area contributed by atoms with E-state index in [-0.39, 0.29) is 36.2 Å². The third-order valence-corrected chi connectivity index (χ3v) is 8.08. The van der Waals surface area contributed by atoms with Crippen molar-refractivity contribution in [3.8, 4) is 22.5 Å². The summed E-state index contributed by atoms with van der Waals surface area (Å²) in [6.07, 6.45) is 10.9. The standard InChI is InChI=1S/C28H26N10O2/c29-25-20(8-10-39)24(17-11-18-5-6-19(12-17)37(18)28(40)26-32-15-33-36-26)35-27-21(14-34-38(25)27)16-4-7-23(31-13-16)22-3-1-2-9-30-22/h1-4,7,9-10,13-15,17-19H,5-6,8,11-12,29H2,(H,32,33,36)/t17?,18-,19+. The van der Waals surface area contributed by atoms with Gasteiger partial charge >= 0.3 is 0 Å². The number of nitrogens with zero attached hydrogens (tertiary/aromatic N) is 8. The first-order valence-corrected chi connectivity index (χ1v) is 13.3. The summed E-state index contributed by atoms with van der Waals surface area (Å²) in [5, 5.41) is 11.0. The van der Waals surface area contributed by atoms with Crippen LogP contribution < -0.4 is 5.73 Å². The first-order valence-electron chi connectivity index (χ1n) is 13.3. The Morgan fingerprint density at radius 1 is 1.05 bits per heavy atom. The molecule has 2 aliphatic rings. The summed E-state index contributed by atoms with van der Waals surface area (Å²) in [4.78, 5) is 44.9. The van der Waals surface area contributed by atoms with Crippen LogP contribution in [0.4, 0.5) is 5.82 Å². The number of carbonyl (C=O) groups is 2. The first kappa shape index (κ1) is 24.1. The number of nitrogens with two attached hydrogens (primary N) is 1. The predicted octanol–water partition coefficient (Wildman–Crippen LogP) is 2.85. The Hall–Kier alpha value is -5.00. The zero-order chi connectivity index (χ0) is 27.2. The second kappa shape index (κ2) is 9.63.